The van der Waals surface area contributed by atoms with Crippen LogP contribution < -0.4 is 4.74 Å². The first-order valence-electron chi connectivity index (χ1n) is 6.95. The molecule has 0 atom stereocenters. The number of hydrogen-bond acceptors (Lipinski definition) is 2. The largest absolute Gasteiger partial charge is 0.493 e. The Kier molecular flexibility index (Phi) is 3.64. The fourth-order valence-electron chi connectivity index (χ4n) is 2.38. The van der Waals surface area contributed by atoms with Gasteiger partial charge in [0.2, 0.25) is 0 Å². The average molecular weight is 263 g/mol. The molecule has 0 bridgehead atoms. The third-order valence-electron chi connectivity index (χ3n) is 3.32. The summed E-state index contributed by atoms with van der Waals surface area (Å²) in [4.78, 5) is 4.26. The summed E-state index contributed by atoms with van der Waals surface area (Å²) >= 11 is 0. The molecular formula is C18H17NO. The highest BCUT2D eigenvalue weighted by molar-refractivity contribution is 5.97. The highest BCUT2D eigenvalue weighted by Crippen LogP contribution is 2.34. The maximum Gasteiger partial charge on any atom is 0.130 e. The van der Waals surface area contributed by atoms with E-state index in [4.69, 9.17) is 4.74 Å². The molecule has 0 unspecified atom stereocenters. The predicted octanol–water partition coefficient (Wildman–Crippen LogP) is 4.69. The summed E-state index contributed by atoms with van der Waals surface area (Å²) in [5.41, 5.74) is 2.22. The molecule has 0 spiro atoms. The molecule has 0 fully saturated rings. The van der Waals surface area contributed by atoms with Gasteiger partial charge in [-0.05, 0) is 28.8 Å². The first-order chi connectivity index (χ1) is 9.90. The molecule has 0 aliphatic rings. The van der Waals surface area contributed by atoms with Crippen LogP contribution in [0.1, 0.15) is 13.3 Å². The molecule has 3 aromatic rings. The second-order valence-corrected chi connectivity index (χ2v) is 4.75. The summed E-state index contributed by atoms with van der Waals surface area (Å²) in [6, 6.07) is 16.7. The highest BCUT2D eigenvalue weighted by Gasteiger charge is 2.09. The van der Waals surface area contributed by atoms with E-state index in [0.717, 1.165) is 24.3 Å². The molecule has 20 heavy (non-hydrogen) atoms. The minimum atomic E-state index is 0.724. The van der Waals surface area contributed by atoms with E-state index >= 15 is 0 Å². The Morgan fingerprint density at radius 3 is 2.70 bits per heavy atom. The average Bonchev–Trinajstić information content (AvgIpc) is 2.53. The zero-order chi connectivity index (χ0) is 13.8. The molecule has 0 radical (unpaired) electrons. The molecule has 0 aliphatic carbocycles. The molecule has 1 heterocycles. The molecule has 2 aromatic carbocycles. The van der Waals surface area contributed by atoms with Gasteiger partial charge in [0.25, 0.3) is 0 Å². The van der Waals surface area contributed by atoms with Gasteiger partial charge >= 0.3 is 0 Å². The topological polar surface area (TPSA) is 22.1 Å². The lowest BCUT2D eigenvalue weighted by atomic mass is 9.99. The second kappa shape index (κ2) is 5.74. The van der Waals surface area contributed by atoms with Crippen molar-refractivity contribution >= 4 is 10.8 Å². The van der Waals surface area contributed by atoms with Crippen LogP contribution in [-0.2, 0) is 0 Å². The second-order valence-electron chi connectivity index (χ2n) is 4.75. The van der Waals surface area contributed by atoms with Crippen molar-refractivity contribution in [3.8, 4) is 16.9 Å². The monoisotopic (exact) mass is 263 g/mol. The van der Waals surface area contributed by atoms with Gasteiger partial charge in [-0.3, -0.25) is 4.98 Å². The van der Waals surface area contributed by atoms with E-state index in [2.05, 4.69) is 54.4 Å². The number of fused-ring (bicyclic) bond motifs is 1. The number of rotatable bonds is 4. The van der Waals surface area contributed by atoms with E-state index in [-0.39, 0.29) is 0 Å². The highest BCUT2D eigenvalue weighted by atomic mass is 16.5. The molecule has 3 rings (SSSR count). The Morgan fingerprint density at radius 2 is 1.80 bits per heavy atom. The van der Waals surface area contributed by atoms with Gasteiger partial charge in [-0.2, -0.15) is 0 Å². The lowest BCUT2D eigenvalue weighted by Crippen LogP contribution is -1.97. The van der Waals surface area contributed by atoms with Crippen LogP contribution in [0.4, 0.5) is 0 Å². The molecule has 0 saturated heterocycles. The Hall–Kier alpha value is -2.35. The minimum absolute atomic E-state index is 0.724. The SMILES string of the molecule is CCCOc1ccncc1-c1cccc2ccccc12. The number of pyridine rings is 1. The molecule has 0 aliphatic heterocycles. The molecule has 0 saturated carbocycles. The summed E-state index contributed by atoms with van der Waals surface area (Å²) < 4.78 is 5.85. The normalized spacial score (nSPS) is 10.7. The molecule has 2 nitrogen and oxygen atoms in total. The molecule has 1 aromatic heterocycles. The van der Waals surface area contributed by atoms with Gasteiger partial charge in [0.1, 0.15) is 5.75 Å². The summed E-state index contributed by atoms with van der Waals surface area (Å²) in [6.45, 7) is 2.83. The van der Waals surface area contributed by atoms with Crippen molar-refractivity contribution in [3.63, 3.8) is 0 Å². The van der Waals surface area contributed by atoms with Crippen LogP contribution in [0.15, 0.2) is 60.9 Å². The van der Waals surface area contributed by atoms with Gasteiger partial charge < -0.3 is 4.74 Å². The number of nitrogens with zero attached hydrogens (tertiary/aromatic N) is 1. The Balaban J connectivity index is 2.16. The number of aromatic nitrogens is 1. The summed E-state index contributed by atoms with van der Waals surface area (Å²) in [7, 11) is 0. The van der Waals surface area contributed by atoms with Crippen molar-refractivity contribution < 1.29 is 4.74 Å². The van der Waals surface area contributed by atoms with Crippen molar-refractivity contribution in [2.24, 2.45) is 0 Å². The van der Waals surface area contributed by atoms with Gasteiger partial charge in [-0.1, -0.05) is 49.4 Å². The van der Waals surface area contributed by atoms with Gasteiger partial charge in [0, 0.05) is 18.0 Å². The predicted molar refractivity (Wildman–Crippen MR) is 83.0 cm³/mol. The Labute approximate surface area is 119 Å². The fraction of sp³-hybridized carbons (Fsp3) is 0.167. The molecular weight excluding hydrogens is 246 g/mol. The van der Waals surface area contributed by atoms with Crippen LogP contribution in [-0.4, -0.2) is 11.6 Å². The van der Waals surface area contributed by atoms with E-state index in [1.807, 2.05) is 12.3 Å². The first-order valence-corrected chi connectivity index (χ1v) is 6.95. The number of ether oxygens (including phenoxy) is 1. The summed E-state index contributed by atoms with van der Waals surface area (Å²) in [6.07, 6.45) is 4.66. The Bertz CT molecular complexity index is 716. The maximum absolute atomic E-state index is 5.85. The molecule has 0 amide bonds. The van der Waals surface area contributed by atoms with Gasteiger partial charge in [0.15, 0.2) is 0 Å². The standard InChI is InChI=1S/C18H17NO/c1-2-12-20-18-10-11-19-13-17(18)16-9-5-7-14-6-3-4-8-15(14)16/h3-11,13H,2,12H2,1H3. The van der Waals surface area contributed by atoms with Crippen LogP contribution in [0.3, 0.4) is 0 Å². The van der Waals surface area contributed by atoms with E-state index < -0.39 is 0 Å². The fourth-order valence-corrected chi connectivity index (χ4v) is 2.38. The van der Waals surface area contributed by atoms with Gasteiger partial charge in [-0.25, -0.2) is 0 Å². The van der Waals surface area contributed by atoms with Crippen LogP contribution in [0.25, 0.3) is 21.9 Å². The summed E-state index contributed by atoms with van der Waals surface area (Å²) in [5.74, 6) is 0.901. The van der Waals surface area contributed by atoms with Crippen LogP contribution in [0, 0.1) is 0 Å². The van der Waals surface area contributed by atoms with Crippen molar-refractivity contribution in [1.82, 2.24) is 4.98 Å². The van der Waals surface area contributed by atoms with E-state index in [0.29, 0.717) is 0 Å². The van der Waals surface area contributed by atoms with Crippen molar-refractivity contribution in [3.05, 3.63) is 60.9 Å². The Morgan fingerprint density at radius 1 is 0.950 bits per heavy atom. The number of benzene rings is 2. The summed E-state index contributed by atoms with van der Waals surface area (Å²) in [5, 5.41) is 2.46. The zero-order valence-electron chi connectivity index (χ0n) is 11.5. The van der Waals surface area contributed by atoms with Crippen molar-refractivity contribution in [1.29, 1.82) is 0 Å². The van der Waals surface area contributed by atoms with Crippen molar-refractivity contribution in [2.75, 3.05) is 6.61 Å². The minimum Gasteiger partial charge on any atom is -0.493 e. The van der Waals surface area contributed by atoms with Crippen molar-refractivity contribution in [2.45, 2.75) is 13.3 Å². The zero-order valence-corrected chi connectivity index (χ0v) is 11.5. The lowest BCUT2D eigenvalue weighted by molar-refractivity contribution is 0.318. The van der Waals surface area contributed by atoms with E-state index in [1.54, 1.807) is 6.20 Å². The quantitative estimate of drug-likeness (QED) is 0.681. The smallest absolute Gasteiger partial charge is 0.130 e. The van der Waals surface area contributed by atoms with Gasteiger partial charge in [0.05, 0.1) is 6.61 Å². The first kappa shape index (κ1) is 12.7. The molecule has 2 heteroatoms. The maximum atomic E-state index is 5.85. The van der Waals surface area contributed by atoms with E-state index in [9.17, 15) is 0 Å². The van der Waals surface area contributed by atoms with Crippen LogP contribution in [0.2, 0.25) is 0 Å². The number of hydrogen-bond donors (Lipinski definition) is 0. The van der Waals surface area contributed by atoms with E-state index in [1.165, 1.54) is 16.3 Å². The third kappa shape index (κ3) is 2.37. The van der Waals surface area contributed by atoms with Crippen LogP contribution in [0.5, 0.6) is 5.75 Å². The molecule has 100 valence electrons. The van der Waals surface area contributed by atoms with Gasteiger partial charge in [-0.15, -0.1) is 0 Å². The molecule has 0 N–H and O–H groups in total. The lowest BCUT2D eigenvalue weighted by Gasteiger charge is -2.12. The van der Waals surface area contributed by atoms with Crippen LogP contribution >= 0.6 is 0 Å². The third-order valence-corrected chi connectivity index (χ3v) is 3.32.